The predicted molar refractivity (Wildman–Crippen MR) is 104 cm³/mol. The summed E-state index contributed by atoms with van der Waals surface area (Å²) in [4.78, 5) is 5.21. The third-order valence-electron chi connectivity index (χ3n) is 3.99. The summed E-state index contributed by atoms with van der Waals surface area (Å²) in [5.74, 6) is 0. The van der Waals surface area contributed by atoms with Crippen LogP contribution in [0.4, 0.5) is 0 Å². The Morgan fingerprint density at radius 3 is 2.60 bits per heavy atom. The number of rotatable bonds is 6. The Bertz CT molecular complexity index is 808. The summed E-state index contributed by atoms with van der Waals surface area (Å²) < 4.78 is 6.19. The Kier molecular flexibility index (Phi) is 6.15. The van der Waals surface area contributed by atoms with Crippen molar-refractivity contribution in [3.05, 3.63) is 80.6 Å². The zero-order valence-corrected chi connectivity index (χ0v) is 15.9. The topological polar surface area (TPSA) is 26.0 Å². The van der Waals surface area contributed by atoms with Gasteiger partial charge < -0.3 is 4.74 Å². The fourth-order valence-corrected chi connectivity index (χ4v) is 3.46. The summed E-state index contributed by atoms with van der Waals surface area (Å²) in [5, 5.41) is 1.90. The van der Waals surface area contributed by atoms with Gasteiger partial charge >= 0.3 is 0 Å². The van der Waals surface area contributed by atoms with Crippen molar-refractivity contribution in [2.24, 2.45) is 4.99 Å². The van der Waals surface area contributed by atoms with Crippen LogP contribution in [-0.2, 0) is 11.3 Å². The van der Waals surface area contributed by atoms with Crippen LogP contribution in [0.5, 0.6) is 0 Å². The van der Waals surface area contributed by atoms with Gasteiger partial charge in [-0.3, -0.25) is 4.90 Å². The molecule has 0 fully saturated rings. The molecule has 2 aromatic carbocycles. The Morgan fingerprint density at radius 1 is 1.08 bits per heavy atom. The van der Waals surface area contributed by atoms with Gasteiger partial charge in [0.05, 0.1) is 12.8 Å². The van der Waals surface area contributed by atoms with Crippen LogP contribution in [0.3, 0.4) is 0 Å². The molecule has 0 saturated heterocycles. The molecule has 0 radical (unpaired) electrons. The molecule has 25 heavy (non-hydrogen) atoms. The molecule has 0 aromatic heterocycles. The first-order valence-electron chi connectivity index (χ1n) is 7.90. The quantitative estimate of drug-likeness (QED) is 0.758. The molecule has 2 aromatic rings. The van der Waals surface area contributed by atoms with E-state index in [1.807, 2.05) is 49.8 Å². The van der Waals surface area contributed by atoms with Crippen molar-refractivity contribution in [3.63, 3.8) is 0 Å². The number of ether oxygens (including phenoxy) is 1. The molecule has 0 saturated carbocycles. The lowest BCUT2D eigenvalue weighted by atomic mass is 10.1. The monoisotopic (exact) mass is 395 g/mol. The highest BCUT2D eigenvalue weighted by atomic mass is 35.5. The third kappa shape index (κ3) is 4.84. The normalized spacial score (nSPS) is 17.2. The zero-order chi connectivity index (χ0) is 17.8. The van der Waals surface area contributed by atoms with Crippen molar-refractivity contribution in [2.75, 3.05) is 6.54 Å². The summed E-state index contributed by atoms with van der Waals surface area (Å²) in [7, 11) is 0. The molecule has 2 atom stereocenters. The number of nitrogens with one attached hydrogen (secondary N) is 1. The van der Waals surface area contributed by atoms with Crippen LogP contribution >= 0.6 is 34.8 Å². The highest BCUT2D eigenvalue weighted by Crippen LogP contribution is 2.29. The van der Waals surface area contributed by atoms with Gasteiger partial charge in [-0.1, -0.05) is 53.0 Å². The molecule has 130 valence electrons. The minimum absolute atomic E-state index is 0.216. The Morgan fingerprint density at radius 2 is 1.92 bits per heavy atom. The van der Waals surface area contributed by atoms with E-state index >= 15 is 0 Å². The highest BCUT2D eigenvalue weighted by molar-refractivity contribution is 6.35. The van der Waals surface area contributed by atoms with E-state index in [2.05, 4.69) is 4.99 Å². The summed E-state index contributed by atoms with van der Waals surface area (Å²) in [6, 6.07) is 11.4. The van der Waals surface area contributed by atoms with Crippen molar-refractivity contribution in [3.8, 4) is 0 Å². The molecule has 1 aliphatic heterocycles. The van der Waals surface area contributed by atoms with Crippen molar-refractivity contribution in [1.82, 2.24) is 0 Å². The van der Waals surface area contributed by atoms with Crippen molar-refractivity contribution in [2.45, 2.75) is 19.6 Å². The van der Waals surface area contributed by atoms with Crippen LogP contribution < -0.4 is 4.90 Å². The lowest BCUT2D eigenvalue weighted by molar-refractivity contribution is -0.742. The van der Waals surface area contributed by atoms with E-state index in [4.69, 9.17) is 39.5 Å². The maximum Gasteiger partial charge on any atom is 0.193 e. The van der Waals surface area contributed by atoms with Gasteiger partial charge in [-0.15, -0.1) is 0 Å². The average molecular weight is 397 g/mol. The number of nitrogens with zero attached hydrogens (tertiary/aromatic N) is 1. The lowest BCUT2D eigenvalue weighted by Gasteiger charge is -2.21. The third-order valence-corrected chi connectivity index (χ3v) is 4.91. The molecular weight excluding hydrogens is 379 g/mol. The van der Waals surface area contributed by atoms with Crippen LogP contribution in [-0.4, -0.2) is 12.9 Å². The van der Waals surface area contributed by atoms with E-state index in [0.29, 0.717) is 28.2 Å². The van der Waals surface area contributed by atoms with E-state index < -0.39 is 0 Å². The number of aliphatic imine (C=N–C) groups is 1. The molecule has 0 aliphatic carbocycles. The van der Waals surface area contributed by atoms with Crippen LogP contribution in [0.1, 0.15) is 22.8 Å². The van der Waals surface area contributed by atoms with Crippen LogP contribution in [0.15, 0.2) is 53.8 Å². The van der Waals surface area contributed by atoms with Crippen molar-refractivity contribution >= 4 is 41.1 Å². The highest BCUT2D eigenvalue weighted by Gasteiger charge is 2.22. The fourth-order valence-electron chi connectivity index (χ4n) is 2.64. The summed E-state index contributed by atoms with van der Waals surface area (Å²) in [6.45, 7) is 3.08. The smallest absolute Gasteiger partial charge is 0.193 e. The Balaban J connectivity index is 1.80. The second-order valence-corrected chi connectivity index (χ2v) is 7.18. The van der Waals surface area contributed by atoms with Gasteiger partial charge in [-0.2, -0.15) is 0 Å². The largest absolute Gasteiger partial charge is 0.363 e. The van der Waals surface area contributed by atoms with Crippen molar-refractivity contribution < 1.29 is 9.64 Å². The molecule has 3 nitrogen and oxygen atoms in total. The minimum Gasteiger partial charge on any atom is -0.363 e. The Hall–Kier alpha value is -1.36. The number of hydrogen-bond acceptors (Lipinski definition) is 2. The second-order valence-electron chi connectivity index (χ2n) is 5.93. The molecule has 1 aliphatic rings. The Labute approximate surface area is 162 Å². The van der Waals surface area contributed by atoms with E-state index in [0.717, 1.165) is 21.6 Å². The number of benzene rings is 2. The molecule has 3 rings (SSSR count). The van der Waals surface area contributed by atoms with E-state index in [9.17, 15) is 0 Å². The summed E-state index contributed by atoms with van der Waals surface area (Å²) >= 11 is 18.7. The van der Waals surface area contributed by atoms with E-state index in [1.165, 1.54) is 0 Å². The first-order valence-corrected chi connectivity index (χ1v) is 9.03. The van der Waals surface area contributed by atoms with Crippen LogP contribution in [0.2, 0.25) is 15.1 Å². The molecule has 2 unspecified atom stereocenters. The first kappa shape index (κ1) is 18.4. The number of halogens is 3. The van der Waals surface area contributed by atoms with Crippen molar-refractivity contribution in [1.29, 1.82) is 0 Å². The number of aryl methyl sites for hydroxylation is 1. The summed E-state index contributed by atoms with van der Waals surface area (Å²) in [6.07, 6.45) is 5.36. The van der Waals surface area contributed by atoms with E-state index in [1.54, 1.807) is 12.3 Å². The SMILES string of the molecule is Cc1ccc(COC(C[NH+]2C=CN=C2)c2ccc(Cl)cc2Cl)c(Cl)c1. The lowest BCUT2D eigenvalue weighted by Crippen LogP contribution is -3.06. The van der Waals surface area contributed by atoms with Gasteiger partial charge in [0.15, 0.2) is 6.34 Å². The molecule has 6 heteroatoms. The van der Waals surface area contributed by atoms with E-state index in [-0.39, 0.29) is 6.10 Å². The standard InChI is InChI=1S/C19H17Cl3N2O/c1-13-2-3-14(17(21)8-13)11-25-19(10-24-7-6-23-12-24)16-5-4-15(20)9-18(16)22/h2-9,12,19H,10-11H2,1H3/p+1. The predicted octanol–water partition coefficient (Wildman–Crippen LogP) is 4.61. The molecule has 1 N–H and O–H groups in total. The van der Waals surface area contributed by atoms with Crippen LogP contribution in [0, 0.1) is 6.92 Å². The number of quaternary nitrogens is 1. The second kappa shape index (κ2) is 8.35. The minimum atomic E-state index is -0.216. The fraction of sp³-hybridized carbons (Fsp3) is 0.211. The molecule has 1 heterocycles. The summed E-state index contributed by atoms with van der Waals surface area (Å²) in [5.41, 5.74) is 2.97. The first-order chi connectivity index (χ1) is 12.0. The number of hydrogen-bond donors (Lipinski definition) is 1. The molecule has 0 bridgehead atoms. The molecule has 0 spiro atoms. The van der Waals surface area contributed by atoms with Crippen LogP contribution in [0.25, 0.3) is 0 Å². The molecule has 0 amide bonds. The maximum atomic E-state index is 6.39. The van der Waals surface area contributed by atoms with Gasteiger partial charge in [0.1, 0.15) is 18.8 Å². The maximum absolute atomic E-state index is 6.39. The van der Waals surface area contributed by atoms with Gasteiger partial charge in [-0.25, -0.2) is 4.99 Å². The van der Waals surface area contributed by atoms with Gasteiger partial charge in [0.2, 0.25) is 0 Å². The zero-order valence-electron chi connectivity index (χ0n) is 13.7. The van der Waals surface area contributed by atoms with Gasteiger partial charge in [0.25, 0.3) is 0 Å². The average Bonchev–Trinajstić information content (AvgIpc) is 3.06. The van der Waals surface area contributed by atoms with Gasteiger partial charge in [0, 0.05) is 20.6 Å². The molecular formula is C19H18Cl3N2O+. The van der Waals surface area contributed by atoms with Gasteiger partial charge in [-0.05, 0) is 36.2 Å².